The molecule has 0 spiro atoms. The second kappa shape index (κ2) is 6.89. The lowest BCUT2D eigenvalue weighted by Crippen LogP contribution is -2.45. The Balaban J connectivity index is 1.70. The second-order valence-corrected chi connectivity index (χ2v) is 6.79. The molecule has 0 radical (unpaired) electrons. The van der Waals surface area contributed by atoms with Crippen LogP contribution in [0, 0.1) is 11.8 Å². The van der Waals surface area contributed by atoms with Crippen LogP contribution in [-0.4, -0.2) is 42.9 Å². The summed E-state index contributed by atoms with van der Waals surface area (Å²) in [6, 6.07) is 7.25. The third kappa shape index (κ3) is 3.35. The molecule has 2 fully saturated rings. The number of hydrogen-bond donors (Lipinski definition) is 1. The van der Waals surface area contributed by atoms with Crippen LogP contribution in [0.25, 0.3) is 0 Å². The molecule has 1 aromatic carbocycles. The summed E-state index contributed by atoms with van der Waals surface area (Å²) in [6.07, 6.45) is 2.33. The number of hydrogen-bond acceptors (Lipinski definition) is 3. The monoisotopic (exact) mass is 335 g/mol. The van der Waals surface area contributed by atoms with E-state index in [0.717, 1.165) is 19.4 Å². The highest BCUT2D eigenvalue weighted by atomic mass is 35.5. The van der Waals surface area contributed by atoms with Gasteiger partial charge in [-0.3, -0.25) is 9.59 Å². The molecular weight excluding hydrogens is 314 g/mol. The van der Waals surface area contributed by atoms with Gasteiger partial charge in [0.05, 0.1) is 16.6 Å². The van der Waals surface area contributed by atoms with E-state index >= 15 is 0 Å². The first-order valence-corrected chi connectivity index (χ1v) is 8.51. The van der Waals surface area contributed by atoms with Gasteiger partial charge in [-0.25, -0.2) is 0 Å². The van der Waals surface area contributed by atoms with E-state index in [2.05, 4.69) is 0 Å². The maximum absolute atomic E-state index is 12.7. The number of amides is 2. The van der Waals surface area contributed by atoms with E-state index in [1.165, 1.54) is 0 Å². The third-order valence-corrected chi connectivity index (χ3v) is 5.10. The van der Waals surface area contributed by atoms with Crippen LogP contribution in [-0.2, 0) is 9.59 Å². The van der Waals surface area contributed by atoms with Gasteiger partial charge in [-0.2, -0.15) is 0 Å². The molecule has 2 atom stereocenters. The van der Waals surface area contributed by atoms with Crippen molar-refractivity contribution in [3.63, 3.8) is 0 Å². The molecule has 0 aromatic heterocycles. The highest BCUT2D eigenvalue weighted by Gasteiger charge is 2.38. The number of piperidine rings is 1. The first-order chi connectivity index (χ1) is 11.1. The predicted molar refractivity (Wildman–Crippen MR) is 90.3 cm³/mol. The summed E-state index contributed by atoms with van der Waals surface area (Å²) in [4.78, 5) is 28.6. The van der Waals surface area contributed by atoms with E-state index in [9.17, 15) is 9.59 Å². The molecule has 124 valence electrons. The second-order valence-electron chi connectivity index (χ2n) is 6.39. The summed E-state index contributed by atoms with van der Waals surface area (Å²) < 4.78 is 0. The van der Waals surface area contributed by atoms with Crippen LogP contribution in [0.4, 0.5) is 5.69 Å². The van der Waals surface area contributed by atoms with Gasteiger partial charge in [0.2, 0.25) is 11.8 Å². The van der Waals surface area contributed by atoms with Crippen molar-refractivity contribution in [1.82, 2.24) is 4.90 Å². The zero-order chi connectivity index (χ0) is 16.4. The van der Waals surface area contributed by atoms with Crippen LogP contribution in [0.5, 0.6) is 0 Å². The number of carbonyl (C=O) groups is 2. The normalized spacial score (nSPS) is 25.0. The van der Waals surface area contributed by atoms with Gasteiger partial charge in [-0.05, 0) is 37.4 Å². The molecule has 0 aliphatic carbocycles. The fourth-order valence-corrected chi connectivity index (χ4v) is 3.73. The number of anilines is 1. The Morgan fingerprint density at radius 3 is 2.83 bits per heavy atom. The lowest BCUT2D eigenvalue weighted by molar-refractivity contribution is -0.137. The minimum atomic E-state index is -0.282. The summed E-state index contributed by atoms with van der Waals surface area (Å²) in [5, 5.41) is 0.537. The average Bonchev–Trinajstić information content (AvgIpc) is 2.96. The molecule has 23 heavy (non-hydrogen) atoms. The van der Waals surface area contributed by atoms with Crippen LogP contribution >= 0.6 is 11.6 Å². The van der Waals surface area contributed by atoms with Crippen LogP contribution in [0.3, 0.4) is 0 Å². The molecule has 0 saturated carbocycles. The minimum Gasteiger partial charge on any atom is -0.342 e. The van der Waals surface area contributed by atoms with Gasteiger partial charge in [-0.15, -0.1) is 0 Å². The molecular formula is C17H22ClN3O2. The van der Waals surface area contributed by atoms with Crippen molar-refractivity contribution in [3.05, 3.63) is 29.3 Å². The quantitative estimate of drug-likeness (QED) is 0.917. The lowest BCUT2D eigenvalue weighted by atomic mass is 9.96. The summed E-state index contributed by atoms with van der Waals surface area (Å²) in [6.45, 7) is 2.50. The van der Waals surface area contributed by atoms with Gasteiger partial charge < -0.3 is 15.5 Å². The molecule has 2 heterocycles. The molecule has 2 saturated heterocycles. The van der Waals surface area contributed by atoms with Crippen molar-refractivity contribution < 1.29 is 9.59 Å². The number of likely N-dealkylation sites (tertiary alicyclic amines) is 1. The fourth-order valence-electron chi connectivity index (χ4n) is 3.49. The maximum Gasteiger partial charge on any atom is 0.228 e. The van der Waals surface area contributed by atoms with E-state index in [1.807, 2.05) is 23.1 Å². The van der Waals surface area contributed by atoms with Crippen molar-refractivity contribution in [3.8, 4) is 0 Å². The van der Waals surface area contributed by atoms with E-state index in [0.29, 0.717) is 36.3 Å². The topological polar surface area (TPSA) is 66.6 Å². The third-order valence-electron chi connectivity index (χ3n) is 4.78. The number of rotatable bonds is 3. The average molecular weight is 336 g/mol. The van der Waals surface area contributed by atoms with Crippen molar-refractivity contribution in [2.45, 2.75) is 19.3 Å². The van der Waals surface area contributed by atoms with Gasteiger partial charge in [0, 0.05) is 26.1 Å². The van der Waals surface area contributed by atoms with Gasteiger partial charge in [0.25, 0.3) is 0 Å². The summed E-state index contributed by atoms with van der Waals surface area (Å²) in [7, 11) is 0. The van der Waals surface area contributed by atoms with E-state index in [-0.39, 0.29) is 24.2 Å². The summed E-state index contributed by atoms with van der Waals surface area (Å²) >= 11 is 6.18. The van der Waals surface area contributed by atoms with Crippen molar-refractivity contribution >= 4 is 29.1 Å². The molecule has 2 aliphatic heterocycles. The van der Waals surface area contributed by atoms with Crippen LogP contribution in [0.15, 0.2) is 24.3 Å². The van der Waals surface area contributed by atoms with Crippen LogP contribution in [0.1, 0.15) is 19.3 Å². The Morgan fingerprint density at radius 1 is 1.30 bits per heavy atom. The predicted octanol–water partition coefficient (Wildman–Crippen LogP) is 1.89. The summed E-state index contributed by atoms with van der Waals surface area (Å²) in [5.41, 5.74) is 6.43. The molecule has 1 aromatic rings. The summed E-state index contributed by atoms with van der Waals surface area (Å²) in [5.74, 6) is 0.134. The van der Waals surface area contributed by atoms with E-state index < -0.39 is 0 Å². The molecule has 2 amide bonds. The largest absolute Gasteiger partial charge is 0.342 e. The molecule has 2 aliphatic rings. The fraction of sp³-hybridized carbons (Fsp3) is 0.529. The van der Waals surface area contributed by atoms with Gasteiger partial charge in [-0.1, -0.05) is 23.7 Å². The Morgan fingerprint density at radius 2 is 2.09 bits per heavy atom. The lowest BCUT2D eigenvalue weighted by Gasteiger charge is -2.33. The Kier molecular flexibility index (Phi) is 4.87. The number of nitrogens with two attached hydrogens (primary N) is 1. The Hall–Kier alpha value is -1.59. The first-order valence-electron chi connectivity index (χ1n) is 8.14. The van der Waals surface area contributed by atoms with E-state index in [4.69, 9.17) is 17.3 Å². The zero-order valence-electron chi connectivity index (χ0n) is 13.1. The SMILES string of the molecule is NC[C@H]1CCCN(C(=O)[C@@H]2CC(=O)N(c3ccccc3Cl)C2)C1. The van der Waals surface area contributed by atoms with Gasteiger partial charge >= 0.3 is 0 Å². The number of benzene rings is 1. The van der Waals surface area contributed by atoms with Crippen molar-refractivity contribution in [2.75, 3.05) is 31.1 Å². The Bertz CT molecular complexity index is 607. The van der Waals surface area contributed by atoms with Crippen LogP contribution < -0.4 is 10.6 Å². The smallest absolute Gasteiger partial charge is 0.228 e. The molecule has 0 unspecified atom stereocenters. The molecule has 5 nitrogen and oxygen atoms in total. The maximum atomic E-state index is 12.7. The number of nitrogens with zero attached hydrogens (tertiary/aromatic N) is 2. The number of halogens is 1. The van der Waals surface area contributed by atoms with Gasteiger partial charge in [0.15, 0.2) is 0 Å². The van der Waals surface area contributed by atoms with E-state index in [1.54, 1.807) is 11.0 Å². The van der Waals surface area contributed by atoms with Crippen molar-refractivity contribution in [2.24, 2.45) is 17.6 Å². The Labute approximate surface area is 141 Å². The number of para-hydroxylation sites is 1. The van der Waals surface area contributed by atoms with Gasteiger partial charge in [0.1, 0.15) is 0 Å². The zero-order valence-corrected chi connectivity index (χ0v) is 13.8. The highest BCUT2D eigenvalue weighted by molar-refractivity contribution is 6.33. The van der Waals surface area contributed by atoms with Crippen molar-refractivity contribution in [1.29, 1.82) is 0 Å². The standard InChI is InChI=1S/C17H22ClN3O2/c18-14-5-1-2-6-15(14)21-11-13(8-16(21)22)17(23)20-7-3-4-12(9-19)10-20/h1-2,5-6,12-13H,3-4,7-11,19H2/t12-,13-/m1/s1. The molecule has 2 N–H and O–H groups in total. The number of carbonyl (C=O) groups excluding carboxylic acids is 2. The minimum absolute atomic E-state index is 0.0381. The molecule has 0 bridgehead atoms. The first kappa shape index (κ1) is 16.3. The highest BCUT2D eigenvalue weighted by Crippen LogP contribution is 2.32. The van der Waals surface area contributed by atoms with Crippen LogP contribution in [0.2, 0.25) is 5.02 Å². The molecule has 6 heteroatoms. The molecule has 3 rings (SSSR count).